The molecule has 5 nitrogen and oxygen atoms in total. The highest BCUT2D eigenvalue weighted by Crippen LogP contribution is 2.12. The van der Waals surface area contributed by atoms with Crippen LogP contribution in [0.4, 0.5) is 0 Å². The van der Waals surface area contributed by atoms with E-state index in [1.54, 1.807) is 0 Å². The number of pyridine rings is 1. The van der Waals surface area contributed by atoms with Gasteiger partial charge >= 0.3 is 0 Å². The van der Waals surface area contributed by atoms with E-state index in [9.17, 15) is 0 Å². The average Bonchev–Trinajstić information content (AvgIpc) is 2.80. The summed E-state index contributed by atoms with van der Waals surface area (Å²) in [5.74, 6) is 1.01. The number of morpholine rings is 1. The third kappa shape index (κ3) is 2.55. The highest BCUT2D eigenvalue weighted by atomic mass is 79.9. The lowest BCUT2D eigenvalue weighted by molar-refractivity contribution is 0.0382. The van der Waals surface area contributed by atoms with Crippen LogP contribution in [0.1, 0.15) is 5.82 Å². The van der Waals surface area contributed by atoms with Gasteiger partial charge in [0.05, 0.1) is 13.2 Å². The van der Waals surface area contributed by atoms with Crippen molar-refractivity contribution in [2.24, 2.45) is 0 Å². The molecule has 0 atom stereocenters. The van der Waals surface area contributed by atoms with Gasteiger partial charge in [-0.15, -0.1) is 10.2 Å². The summed E-state index contributed by atoms with van der Waals surface area (Å²) in [7, 11) is 0. The lowest BCUT2D eigenvalue weighted by atomic mass is 10.3. The fourth-order valence-electron chi connectivity index (χ4n) is 2.17. The summed E-state index contributed by atoms with van der Waals surface area (Å²) in [6.45, 7) is 4.72. The molecule has 1 saturated heterocycles. The van der Waals surface area contributed by atoms with Crippen molar-refractivity contribution in [3.63, 3.8) is 0 Å². The Balaban J connectivity index is 1.72. The molecule has 0 aliphatic carbocycles. The van der Waals surface area contributed by atoms with Gasteiger partial charge in [0.25, 0.3) is 0 Å². The van der Waals surface area contributed by atoms with Crippen LogP contribution in [-0.2, 0) is 11.2 Å². The molecule has 1 aliphatic rings. The van der Waals surface area contributed by atoms with Crippen molar-refractivity contribution in [1.82, 2.24) is 19.5 Å². The summed E-state index contributed by atoms with van der Waals surface area (Å²) in [5, 5.41) is 8.43. The number of halogens is 1. The molecule has 0 amide bonds. The molecule has 0 aromatic carbocycles. The fourth-order valence-corrected chi connectivity index (χ4v) is 2.50. The summed E-state index contributed by atoms with van der Waals surface area (Å²) in [5.41, 5.74) is 0.898. The molecule has 0 unspecified atom stereocenters. The number of rotatable bonds is 3. The lowest BCUT2D eigenvalue weighted by Crippen LogP contribution is -2.37. The third-order valence-electron chi connectivity index (χ3n) is 3.19. The first-order chi connectivity index (χ1) is 8.83. The van der Waals surface area contributed by atoms with E-state index in [0.29, 0.717) is 0 Å². The van der Waals surface area contributed by atoms with Crippen LogP contribution in [0.5, 0.6) is 0 Å². The van der Waals surface area contributed by atoms with Crippen LogP contribution in [0, 0.1) is 0 Å². The number of nitrogens with zero attached hydrogens (tertiary/aromatic N) is 4. The second-order valence-corrected chi connectivity index (χ2v) is 5.31. The summed E-state index contributed by atoms with van der Waals surface area (Å²) in [4.78, 5) is 2.41. The molecule has 1 fully saturated rings. The largest absolute Gasteiger partial charge is 0.379 e. The minimum absolute atomic E-state index is 0.839. The predicted octanol–water partition coefficient (Wildman–Crippen LogP) is 1.37. The van der Waals surface area contributed by atoms with Crippen molar-refractivity contribution >= 4 is 21.6 Å². The zero-order chi connectivity index (χ0) is 12.4. The minimum Gasteiger partial charge on any atom is -0.379 e. The van der Waals surface area contributed by atoms with Crippen LogP contribution < -0.4 is 0 Å². The van der Waals surface area contributed by atoms with Crippen molar-refractivity contribution < 1.29 is 4.74 Å². The lowest BCUT2D eigenvalue weighted by Gasteiger charge is -2.26. The fraction of sp³-hybridized carbons (Fsp3) is 0.500. The molecule has 0 N–H and O–H groups in total. The van der Waals surface area contributed by atoms with E-state index in [4.69, 9.17) is 4.74 Å². The van der Waals surface area contributed by atoms with Crippen molar-refractivity contribution in [1.29, 1.82) is 0 Å². The molecule has 0 spiro atoms. The zero-order valence-electron chi connectivity index (χ0n) is 10.0. The predicted molar refractivity (Wildman–Crippen MR) is 71.7 cm³/mol. The van der Waals surface area contributed by atoms with Crippen molar-refractivity contribution in [2.75, 3.05) is 32.8 Å². The Morgan fingerprint density at radius 2 is 2.06 bits per heavy atom. The Labute approximate surface area is 114 Å². The minimum atomic E-state index is 0.839. The molecule has 3 rings (SSSR count). The molecule has 2 aromatic heterocycles. The quantitative estimate of drug-likeness (QED) is 0.858. The Kier molecular flexibility index (Phi) is 3.58. The third-order valence-corrected chi connectivity index (χ3v) is 3.66. The average molecular weight is 311 g/mol. The van der Waals surface area contributed by atoms with E-state index < -0.39 is 0 Å². The maximum absolute atomic E-state index is 5.34. The van der Waals surface area contributed by atoms with Gasteiger partial charge in [0.2, 0.25) is 0 Å². The maximum Gasteiger partial charge on any atom is 0.160 e. The van der Waals surface area contributed by atoms with Gasteiger partial charge in [0, 0.05) is 36.7 Å². The summed E-state index contributed by atoms with van der Waals surface area (Å²) in [6, 6.07) is 3.95. The van der Waals surface area contributed by atoms with Crippen LogP contribution in [-0.4, -0.2) is 52.3 Å². The number of hydrogen-bond donors (Lipinski definition) is 0. The van der Waals surface area contributed by atoms with Crippen LogP contribution in [0.15, 0.2) is 22.8 Å². The first kappa shape index (κ1) is 12.1. The first-order valence-corrected chi connectivity index (χ1v) is 6.91. The standard InChI is InChI=1S/C12H15BrN4O/c13-10-1-2-11-14-15-12(17(11)9-10)3-4-16-5-7-18-8-6-16/h1-2,9H,3-8H2. The summed E-state index contributed by atoms with van der Waals surface area (Å²) in [6.07, 6.45) is 2.93. The van der Waals surface area contributed by atoms with Crippen LogP contribution in [0.25, 0.3) is 5.65 Å². The number of aromatic nitrogens is 3. The van der Waals surface area contributed by atoms with E-state index >= 15 is 0 Å². The van der Waals surface area contributed by atoms with Crippen molar-refractivity contribution in [2.45, 2.75) is 6.42 Å². The molecule has 6 heteroatoms. The summed E-state index contributed by atoms with van der Waals surface area (Å²) < 4.78 is 8.43. The maximum atomic E-state index is 5.34. The monoisotopic (exact) mass is 310 g/mol. The molecule has 18 heavy (non-hydrogen) atoms. The van der Waals surface area contributed by atoms with Gasteiger partial charge in [-0.05, 0) is 28.1 Å². The van der Waals surface area contributed by atoms with E-state index in [0.717, 1.165) is 55.2 Å². The highest BCUT2D eigenvalue weighted by Gasteiger charge is 2.12. The molecule has 1 aliphatic heterocycles. The van der Waals surface area contributed by atoms with Crippen LogP contribution >= 0.6 is 15.9 Å². The summed E-state index contributed by atoms with van der Waals surface area (Å²) >= 11 is 3.48. The molecule has 0 bridgehead atoms. The molecule has 96 valence electrons. The van der Waals surface area contributed by atoms with Gasteiger partial charge in [-0.3, -0.25) is 9.30 Å². The number of ether oxygens (including phenoxy) is 1. The Hall–Kier alpha value is -0.980. The van der Waals surface area contributed by atoms with E-state index in [2.05, 4.69) is 31.0 Å². The molecule has 3 heterocycles. The van der Waals surface area contributed by atoms with E-state index in [-0.39, 0.29) is 0 Å². The van der Waals surface area contributed by atoms with Gasteiger partial charge in [0.15, 0.2) is 5.65 Å². The van der Waals surface area contributed by atoms with Crippen molar-refractivity contribution in [3.05, 3.63) is 28.6 Å². The van der Waals surface area contributed by atoms with Gasteiger partial charge in [-0.1, -0.05) is 0 Å². The number of fused-ring (bicyclic) bond motifs is 1. The molecular formula is C12H15BrN4O. The Morgan fingerprint density at radius 1 is 1.22 bits per heavy atom. The molecular weight excluding hydrogens is 296 g/mol. The SMILES string of the molecule is Brc1ccc2nnc(CCN3CCOCC3)n2c1. The smallest absolute Gasteiger partial charge is 0.160 e. The van der Waals surface area contributed by atoms with Gasteiger partial charge in [0.1, 0.15) is 5.82 Å². The Morgan fingerprint density at radius 3 is 2.89 bits per heavy atom. The first-order valence-electron chi connectivity index (χ1n) is 6.12. The van der Waals surface area contributed by atoms with Crippen LogP contribution in [0.2, 0.25) is 0 Å². The van der Waals surface area contributed by atoms with Crippen molar-refractivity contribution in [3.8, 4) is 0 Å². The number of hydrogen-bond acceptors (Lipinski definition) is 4. The van der Waals surface area contributed by atoms with Crippen LogP contribution in [0.3, 0.4) is 0 Å². The van der Waals surface area contributed by atoms with Gasteiger partial charge < -0.3 is 4.74 Å². The molecule has 2 aromatic rings. The van der Waals surface area contributed by atoms with Gasteiger partial charge in [-0.25, -0.2) is 0 Å². The molecule has 0 saturated carbocycles. The second-order valence-electron chi connectivity index (χ2n) is 4.40. The zero-order valence-corrected chi connectivity index (χ0v) is 11.6. The normalized spacial score (nSPS) is 17.4. The second kappa shape index (κ2) is 5.34. The molecule has 0 radical (unpaired) electrons. The van der Waals surface area contributed by atoms with E-state index in [1.807, 2.05) is 22.7 Å². The topological polar surface area (TPSA) is 42.7 Å². The van der Waals surface area contributed by atoms with E-state index in [1.165, 1.54) is 0 Å². The Bertz CT molecular complexity index is 536. The highest BCUT2D eigenvalue weighted by molar-refractivity contribution is 9.10. The van der Waals surface area contributed by atoms with Gasteiger partial charge in [-0.2, -0.15) is 0 Å².